The van der Waals surface area contributed by atoms with Crippen LogP contribution in [0.5, 0.6) is 0 Å². The van der Waals surface area contributed by atoms with Gasteiger partial charge in [-0.25, -0.2) is 6.57 Å². The summed E-state index contributed by atoms with van der Waals surface area (Å²) in [6.45, 7) is 7.97. The van der Waals surface area contributed by atoms with E-state index in [1.807, 2.05) is 18.2 Å². The van der Waals surface area contributed by atoms with Gasteiger partial charge < -0.3 is 19.1 Å². The number of fused-ring (bicyclic) bond motifs is 1. The Balaban J connectivity index is 0.00000210. The van der Waals surface area contributed by atoms with Crippen molar-refractivity contribution in [2.24, 2.45) is 0 Å². The van der Waals surface area contributed by atoms with Crippen LogP contribution in [0.1, 0.15) is 35.8 Å². The predicted octanol–water partition coefficient (Wildman–Crippen LogP) is 2.67. The number of rotatable bonds is 5. The van der Waals surface area contributed by atoms with Gasteiger partial charge in [0.1, 0.15) is 12.5 Å². The van der Waals surface area contributed by atoms with E-state index in [1.54, 1.807) is 17.0 Å². The second-order valence-electron chi connectivity index (χ2n) is 6.70. The topological polar surface area (TPSA) is 67.3 Å². The number of anilines is 1. The molecule has 6 nitrogen and oxygen atoms in total. The fourth-order valence-corrected chi connectivity index (χ4v) is 3.78. The Morgan fingerprint density at radius 2 is 2.26 bits per heavy atom. The van der Waals surface area contributed by atoms with Gasteiger partial charge in [-0.05, 0) is 48.1 Å². The molecule has 1 radical (unpaired) electrons. The number of carbonyl (C=O) groups excluding carboxylic acids is 1. The average molecular weight is 440 g/mol. The van der Waals surface area contributed by atoms with Crippen molar-refractivity contribution in [3.8, 4) is 0 Å². The van der Waals surface area contributed by atoms with Crippen molar-refractivity contribution in [3.63, 3.8) is 0 Å². The van der Waals surface area contributed by atoms with Crippen LogP contribution in [-0.4, -0.2) is 29.7 Å². The molecule has 2 aliphatic rings. The molecule has 1 aliphatic carbocycles. The van der Waals surface area contributed by atoms with Crippen molar-refractivity contribution < 1.29 is 51.8 Å². The molecule has 7 heteroatoms. The van der Waals surface area contributed by atoms with Crippen LogP contribution in [-0.2, 0) is 55.3 Å². The van der Waals surface area contributed by atoms with Gasteiger partial charge in [0.25, 0.3) is 6.04 Å². The SMILES string of the molecule is [C-]#[N+]C1CC(=O)N(c2ccc3c(c2)CCC3O)C1COCc1cc[c-]o1.[Y]. The zero-order valence-electron chi connectivity index (χ0n) is 14.8. The van der Waals surface area contributed by atoms with Crippen LogP contribution in [0, 0.1) is 12.8 Å². The first-order valence-corrected chi connectivity index (χ1v) is 8.69. The zero-order chi connectivity index (χ0) is 18.1. The van der Waals surface area contributed by atoms with Gasteiger partial charge in [0.05, 0.1) is 12.7 Å². The Kier molecular flexibility index (Phi) is 6.49. The number of aliphatic hydroxyl groups is 1. The average Bonchev–Trinajstić information content (AvgIpc) is 3.35. The predicted molar refractivity (Wildman–Crippen MR) is 93.2 cm³/mol. The first-order valence-electron chi connectivity index (χ1n) is 8.69. The van der Waals surface area contributed by atoms with E-state index in [0.717, 1.165) is 23.2 Å². The van der Waals surface area contributed by atoms with Crippen LogP contribution in [0.4, 0.5) is 5.69 Å². The number of aryl methyl sites for hydroxylation is 1. The van der Waals surface area contributed by atoms with Crippen LogP contribution in [0.3, 0.4) is 0 Å². The summed E-state index contributed by atoms with van der Waals surface area (Å²) in [5.41, 5.74) is 2.78. The summed E-state index contributed by atoms with van der Waals surface area (Å²) in [5, 5.41) is 9.98. The maximum atomic E-state index is 12.6. The largest absolute Gasteiger partial charge is 0.593 e. The number of hydrogen-bond donors (Lipinski definition) is 1. The summed E-state index contributed by atoms with van der Waals surface area (Å²) in [4.78, 5) is 17.9. The minimum Gasteiger partial charge on any atom is -0.593 e. The minimum absolute atomic E-state index is 0. The van der Waals surface area contributed by atoms with Crippen molar-refractivity contribution >= 4 is 11.6 Å². The summed E-state index contributed by atoms with van der Waals surface area (Å²) < 4.78 is 10.8. The third-order valence-corrected chi connectivity index (χ3v) is 5.11. The number of furan rings is 1. The molecular formula is C20H19N2O4Y-. The van der Waals surface area contributed by atoms with Crippen molar-refractivity contribution in [2.75, 3.05) is 11.5 Å². The number of hydrogen-bond acceptors (Lipinski definition) is 4. The van der Waals surface area contributed by atoms with Crippen molar-refractivity contribution in [1.82, 2.24) is 0 Å². The minimum atomic E-state index is -0.426. The van der Waals surface area contributed by atoms with E-state index in [4.69, 9.17) is 15.7 Å². The molecule has 1 saturated heterocycles. The molecule has 1 aromatic heterocycles. The molecule has 27 heavy (non-hydrogen) atoms. The summed E-state index contributed by atoms with van der Waals surface area (Å²) in [5.74, 6) is 0.594. The van der Waals surface area contributed by atoms with Gasteiger partial charge in [0.15, 0.2) is 0 Å². The molecule has 1 fully saturated rings. The smallest absolute Gasteiger partial charge is 0.255 e. The molecule has 4 rings (SSSR count). The van der Waals surface area contributed by atoms with Gasteiger partial charge in [-0.15, -0.1) is 6.07 Å². The first kappa shape index (κ1) is 20.2. The van der Waals surface area contributed by atoms with E-state index < -0.39 is 12.1 Å². The van der Waals surface area contributed by atoms with Crippen molar-refractivity contribution in [2.45, 2.75) is 44.1 Å². The van der Waals surface area contributed by atoms with Crippen LogP contribution < -0.4 is 4.90 Å². The monoisotopic (exact) mass is 440 g/mol. The Hall–Kier alpha value is -1.52. The van der Waals surface area contributed by atoms with E-state index in [-0.39, 0.29) is 64.3 Å². The molecule has 0 saturated carbocycles. The van der Waals surface area contributed by atoms with Crippen LogP contribution >= 0.6 is 0 Å². The van der Waals surface area contributed by atoms with E-state index in [9.17, 15) is 9.90 Å². The zero-order valence-corrected chi connectivity index (χ0v) is 17.6. The Labute approximate surface area is 183 Å². The van der Waals surface area contributed by atoms with Gasteiger partial charge in [0, 0.05) is 45.0 Å². The Bertz CT molecular complexity index is 846. The molecule has 1 aromatic carbocycles. The number of amides is 1. The van der Waals surface area contributed by atoms with Crippen LogP contribution in [0.2, 0.25) is 0 Å². The molecule has 0 spiro atoms. The van der Waals surface area contributed by atoms with Gasteiger partial charge in [-0.1, -0.05) is 6.07 Å². The van der Waals surface area contributed by atoms with E-state index in [1.165, 1.54) is 0 Å². The first-order chi connectivity index (χ1) is 12.7. The molecule has 1 amide bonds. The van der Waals surface area contributed by atoms with E-state index >= 15 is 0 Å². The number of nitrogens with zero attached hydrogens (tertiary/aromatic N) is 2. The van der Waals surface area contributed by atoms with Gasteiger partial charge in [-0.3, -0.25) is 9.69 Å². The third kappa shape index (κ3) is 4.02. The molecule has 3 atom stereocenters. The summed E-state index contributed by atoms with van der Waals surface area (Å²) in [6.07, 6.45) is 3.90. The second-order valence-corrected chi connectivity index (χ2v) is 6.70. The number of carbonyl (C=O) groups is 1. The fraction of sp³-hybridized carbons (Fsp3) is 0.400. The number of aliphatic hydroxyl groups excluding tert-OH is 1. The number of benzene rings is 1. The molecule has 137 valence electrons. The normalized spacial score (nSPS) is 23.8. The van der Waals surface area contributed by atoms with Crippen molar-refractivity contribution in [3.05, 3.63) is 64.9 Å². The molecule has 0 bridgehead atoms. The number of ether oxygens (including phenoxy) is 1. The molecule has 2 aromatic rings. The second kappa shape index (κ2) is 8.66. The summed E-state index contributed by atoms with van der Waals surface area (Å²) in [7, 11) is 0. The van der Waals surface area contributed by atoms with Gasteiger partial charge in [0.2, 0.25) is 5.91 Å². The van der Waals surface area contributed by atoms with Gasteiger partial charge >= 0.3 is 0 Å². The maximum Gasteiger partial charge on any atom is 0.255 e. The molecule has 2 heterocycles. The third-order valence-electron chi connectivity index (χ3n) is 5.11. The fourth-order valence-electron chi connectivity index (χ4n) is 3.78. The maximum absolute atomic E-state index is 12.6. The standard InChI is InChI=1S/C20H19N2O4.Y/c1-21-17-10-20(24)22(18(17)12-25-11-15-3-2-8-26-15)14-5-6-16-13(9-14)4-7-19(16)23;/h2-3,5-6,9,17-19,23H,4,7,10-12H2;/q-1;. The molecular weight excluding hydrogens is 421 g/mol. The molecule has 1 N–H and O–H groups in total. The summed E-state index contributed by atoms with van der Waals surface area (Å²) in [6, 6.07) is 8.39. The van der Waals surface area contributed by atoms with Crippen molar-refractivity contribution in [1.29, 1.82) is 0 Å². The molecule has 1 aliphatic heterocycles. The quantitative estimate of drug-likeness (QED) is 0.727. The Morgan fingerprint density at radius 3 is 3.00 bits per heavy atom. The molecule has 3 unspecified atom stereocenters. The van der Waals surface area contributed by atoms with E-state index in [0.29, 0.717) is 12.2 Å². The van der Waals surface area contributed by atoms with Crippen LogP contribution in [0.25, 0.3) is 4.85 Å². The van der Waals surface area contributed by atoms with E-state index in [2.05, 4.69) is 11.1 Å². The Morgan fingerprint density at radius 1 is 1.41 bits per heavy atom. The van der Waals surface area contributed by atoms with Gasteiger partial charge in [-0.2, -0.15) is 6.07 Å². The van der Waals surface area contributed by atoms with Crippen LogP contribution in [0.15, 0.2) is 34.7 Å². The summed E-state index contributed by atoms with van der Waals surface area (Å²) >= 11 is 0.